The molecule has 1 fully saturated rings. The summed E-state index contributed by atoms with van der Waals surface area (Å²) in [6.45, 7) is 7.26. The van der Waals surface area contributed by atoms with Crippen LogP contribution in [0.2, 0.25) is 0 Å². The van der Waals surface area contributed by atoms with Gasteiger partial charge >= 0.3 is 0 Å². The summed E-state index contributed by atoms with van der Waals surface area (Å²) in [4.78, 5) is 27.7. The van der Waals surface area contributed by atoms with E-state index in [0.29, 0.717) is 11.5 Å². The quantitative estimate of drug-likeness (QED) is 0.747. The molecule has 0 unspecified atom stereocenters. The average Bonchev–Trinajstić information content (AvgIpc) is 3.21. The van der Waals surface area contributed by atoms with Gasteiger partial charge in [-0.2, -0.15) is 0 Å². The van der Waals surface area contributed by atoms with Crippen molar-refractivity contribution in [2.24, 2.45) is 0 Å². The molecule has 1 amide bonds. The molecule has 1 saturated heterocycles. The summed E-state index contributed by atoms with van der Waals surface area (Å²) in [5.74, 6) is 1.44. The van der Waals surface area contributed by atoms with Crippen LogP contribution in [0.1, 0.15) is 24.2 Å². The topological polar surface area (TPSA) is 72.3 Å². The summed E-state index contributed by atoms with van der Waals surface area (Å²) in [6, 6.07) is 13.0. The Kier molecular flexibility index (Phi) is 5.40. The lowest BCUT2D eigenvalue weighted by Crippen LogP contribution is -3.19. The van der Waals surface area contributed by atoms with E-state index < -0.39 is 0 Å². The number of carbonyl (C=O) groups excluding carboxylic acids is 2. The molecule has 7 nitrogen and oxygen atoms in total. The van der Waals surface area contributed by atoms with Crippen LogP contribution in [0.5, 0.6) is 11.5 Å². The first-order chi connectivity index (χ1) is 14.0. The molecule has 0 aromatic heterocycles. The first-order valence-corrected chi connectivity index (χ1v) is 9.92. The molecule has 7 heteroatoms. The highest BCUT2D eigenvalue weighted by molar-refractivity contribution is 5.94. The van der Waals surface area contributed by atoms with Gasteiger partial charge in [0, 0.05) is 23.0 Å². The van der Waals surface area contributed by atoms with Crippen molar-refractivity contribution in [3.63, 3.8) is 0 Å². The summed E-state index contributed by atoms with van der Waals surface area (Å²) >= 11 is 0. The van der Waals surface area contributed by atoms with Gasteiger partial charge in [-0.15, -0.1) is 0 Å². The van der Waals surface area contributed by atoms with Gasteiger partial charge < -0.3 is 24.6 Å². The van der Waals surface area contributed by atoms with Crippen molar-refractivity contribution in [1.29, 1.82) is 0 Å². The number of nitrogens with zero attached hydrogens (tertiary/aromatic N) is 1. The third-order valence-electron chi connectivity index (χ3n) is 5.69. The molecule has 4 rings (SSSR count). The number of anilines is 2. The van der Waals surface area contributed by atoms with Crippen LogP contribution in [0, 0.1) is 0 Å². The van der Waals surface area contributed by atoms with Gasteiger partial charge in [0.05, 0.1) is 26.2 Å². The number of hydrogen-bond donors (Lipinski definition) is 2. The van der Waals surface area contributed by atoms with Gasteiger partial charge in [0.2, 0.25) is 6.79 Å². The Balaban J connectivity index is 1.31. The Bertz CT molecular complexity index is 905. The maximum Gasteiger partial charge on any atom is 0.282 e. The van der Waals surface area contributed by atoms with Gasteiger partial charge in [0.25, 0.3) is 5.91 Å². The lowest BCUT2D eigenvalue weighted by molar-refractivity contribution is -0.914. The maximum absolute atomic E-state index is 12.7. The van der Waals surface area contributed by atoms with Crippen LogP contribution in [-0.4, -0.2) is 50.7 Å². The number of ether oxygens (including phenoxy) is 2. The molecule has 0 bridgehead atoms. The lowest BCUT2D eigenvalue weighted by atomic mass is 10.1. The lowest BCUT2D eigenvalue weighted by Gasteiger charge is -2.36. The van der Waals surface area contributed by atoms with Crippen molar-refractivity contribution in [3.05, 3.63) is 48.0 Å². The zero-order valence-corrected chi connectivity index (χ0v) is 16.7. The molecule has 0 spiro atoms. The molecule has 29 heavy (non-hydrogen) atoms. The van der Waals surface area contributed by atoms with E-state index in [2.05, 4.69) is 10.2 Å². The van der Waals surface area contributed by atoms with Gasteiger partial charge in [0.1, 0.15) is 0 Å². The van der Waals surface area contributed by atoms with Crippen molar-refractivity contribution >= 4 is 23.1 Å². The van der Waals surface area contributed by atoms with Crippen LogP contribution >= 0.6 is 0 Å². The summed E-state index contributed by atoms with van der Waals surface area (Å²) in [5, 5.41) is 2.99. The van der Waals surface area contributed by atoms with Crippen LogP contribution in [0.4, 0.5) is 11.4 Å². The van der Waals surface area contributed by atoms with Gasteiger partial charge in [-0.25, -0.2) is 0 Å². The number of benzene rings is 2. The molecule has 152 valence electrons. The van der Waals surface area contributed by atoms with E-state index >= 15 is 0 Å². The number of piperazine rings is 1. The van der Waals surface area contributed by atoms with Gasteiger partial charge in [-0.05, 0) is 50.2 Å². The third kappa shape index (κ3) is 4.19. The molecular formula is C22H26N3O4+. The molecule has 2 N–H and O–H groups in total. The third-order valence-corrected chi connectivity index (χ3v) is 5.69. The van der Waals surface area contributed by atoms with Crippen molar-refractivity contribution in [1.82, 2.24) is 0 Å². The number of ketones is 1. The number of rotatable bonds is 5. The van der Waals surface area contributed by atoms with Gasteiger partial charge in [-0.3, -0.25) is 9.59 Å². The molecule has 0 saturated carbocycles. The number of nitrogens with one attached hydrogen (secondary N) is 2. The number of Topliss-reactive ketones (excluding diaryl/α,β-unsaturated/α-hetero) is 1. The van der Waals surface area contributed by atoms with Crippen molar-refractivity contribution in [3.8, 4) is 11.5 Å². The molecule has 2 aromatic rings. The fourth-order valence-electron chi connectivity index (χ4n) is 3.80. The Morgan fingerprint density at radius 2 is 1.72 bits per heavy atom. The van der Waals surface area contributed by atoms with Crippen molar-refractivity contribution in [2.45, 2.75) is 19.9 Å². The maximum atomic E-state index is 12.7. The van der Waals surface area contributed by atoms with Crippen LogP contribution in [0.25, 0.3) is 0 Å². The van der Waals surface area contributed by atoms with Crippen molar-refractivity contribution in [2.75, 3.05) is 43.2 Å². The highest BCUT2D eigenvalue weighted by Crippen LogP contribution is 2.34. The van der Waals surface area contributed by atoms with E-state index in [1.807, 2.05) is 43.3 Å². The van der Waals surface area contributed by atoms with E-state index in [4.69, 9.17) is 9.47 Å². The number of quaternary nitrogens is 1. The average molecular weight is 396 g/mol. The number of fused-ring (bicyclic) bond motifs is 1. The SMILES string of the molecule is CC(=O)c1ccc(N2CC[NH+]([C@H](C)C(=O)Nc3ccc4c(c3)OCO4)CC2)cc1. The first kappa shape index (κ1) is 19.3. The minimum atomic E-state index is -0.150. The minimum Gasteiger partial charge on any atom is -0.454 e. The second kappa shape index (κ2) is 8.13. The monoisotopic (exact) mass is 396 g/mol. The largest absolute Gasteiger partial charge is 0.454 e. The number of hydrogen-bond acceptors (Lipinski definition) is 5. The molecule has 1 atom stereocenters. The zero-order valence-electron chi connectivity index (χ0n) is 16.7. The molecular weight excluding hydrogens is 370 g/mol. The highest BCUT2D eigenvalue weighted by atomic mass is 16.7. The standard InChI is InChI=1S/C22H25N3O4/c1-15(22(27)23-18-5-8-20-21(13-18)29-14-28-20)24-9-11-25(12-10-24)19-6-3-17(4-7-19)16(2)26/h3-8,13,15H,9-12,14H2,1-2H3,(H,23,27)/p+1/t15-/m1/s1. The van der Waals surface area contributed by atoms with Crippen molar-refractivity contribution < 1.29 is 24.0 Å². The first-order valence-electron chi connectivity index (χ1n) is 9.92. The zero-order chi connectivity index (χ0) is 20.4. The predicted octanol–water partition coefficient (Wildman–Crippen LogP) is 1.35. The Hall–Kier alpha value is -3.06. The smallest absolute Gasteiger partial charge is 0.282 e. The van der Waals surface area contributed by atoms with E-state index in [1.165, 1.54) is 4.90 Å². The molecule has 2 aliphatic heterocycles. The second-order valence-corrected chi connectivity index (χ2v) is 7.53. The van der Waals surface area contributed by atoms with E-state index in [1.54, 1.807) is 13.0 Å². The van der Waals surface area contributed by atoms with Crippen LogP contribution in [0.3, 0.4) is 0 Å². The number of amides is 1. The normalized spacial score (nSPS) is 17.1. The minimum absolute atomic E-state index is 0.00173. The molecule has 2 heterocycles. The summed E-state index contributed by atoms with van der Waals surface area (Å²) in [7, 11) is 0. The summed E-state index contributed by atoms with van der Waals surface area (Å²) < 4.78 is 10.7. The fraction of sp³-hybridized carbons (Fsp3) is 0.364. The Morgan fingerprint density at radius 3 is 2.41 bits per heavy atom. The van der Waals surface area contributed by atoms with E-state index in [-0.39, 0.29) is 24.5 Å². The highest BCUT2D eigenvalue weighted by Gasteiger charge is 2.29. The molecule has 2 aromatic carbocycles. The summed E-state index contributed by atoms with van der Waals surface area (Å²) in [6.07, 6.45) is 0. The van der Waals surface area contributed by atoms with E-state index in [0.717, 1.165) is 43.1 Å². The van der Waals surface area contributed by atoms with Crippen LogP contribution in [-0.2, 0) is 4.79 Å². The van der Waals surface area contributed by atoms with Gasteiger partial charge in [0.15, 0.2) is 23.3 Å². The van der Waals surface area contributed by atoms with Gasteiger partial charge in [-0.1, -0.05) is 0 Å². The summed E-state index contributed by atoms with van der Waals surface area (Å²) in [5.41, 5.74) is 2.56. The number of carbonyl (C=O) groups is 2. The second-order valence-electron chi connectivity index (χ2n) is 7.53. The van der Waals surface area contributed by atoms with Crippen LogP contribution < -0.4 is 24.6 Å². The Morgan fingerprint density at radius 1 is 1.03 bits per heavy atom. The Labute approximate surface area is 170 Å². The predicted molar refractivity (Wildman–Crippen MR) is 110 cm³/mol. The molecule has 2 aliphatic rings. The van der Waals surface area contributed by atoms with Crippen LogP contribution in [0.15, 0.2) is 42.5 Å². The molecule has 0 aliphatic carbocycles. The fourth-order valence-corrected chi connectivity index (χ4v) is 3.80. The van der Waals surface area contributed by atoms with E-state index in [9.17, 15) is 9.59 Å². The molecule has 0 radical (unpaired) electrons.